The molecule has 0 saturated carbocycles. The maximum absolute atomic E-state index is 9.04. The lowest BCUT2D eigenvalue weighted by molar-refractivity contribution is 0.288. The SMILES string of the molecule is CCCCOc1cc(B(O)O)ccc1OC. The van der Waals surface area contributed by atoms with Crippen LogP contribution >= 0.6 is 0 Å². The van der Waals surface area contributed by atoms with Crippen molar-refractivity contribution in [2.75, 3.05) is 13.7 Å². The highest BCUT2D eigenvalue weighted by molar-refractivity contribution is 6.58. The summed E-state index contributed by atoms with van der Waals surface area (Å²) in [5.41, 5.74) is 0.396. The summed E-state index contributed by atoms with van der Waals surface area (Å²) >= 11 is 0. The topological polar surface area (TPSA) is 58.9 Å². The van der Waals surface area contributed by atoms with Crippen LogP contribution in [0.5, 0.6) is 11.5 Å². The molecule has 0 heterocycles. The Labute approximate surface area is 96.0 Å². The third-order valence-corrected chi connectivity index (χ3v) is 2.24. The highest BCUT2D eigenvalue weighted by Gasteiger charge is 2.14. The van der Waals surface area contributed by atoms with Gasteiger partial charge in [0.15, 0.2) is 11.5 Å². The lowest BCUT2D eigenvalue weighted by Gasteiger charge is -2.11. The minimum absolute atomic E-state index is 0.396. The summed E-state index contributed by atoms with van der Waals surface area (Å²) in [6, 6.07) is 4.84. The summed E-state index contributed by atoms with van der Waals surface area (Å²) < 4.78 is 10.6. The first-order chi connectivity index (χ1) is 7.69. The highest BCUT2D eigenvalue weighted by atomic mass is 16.5. The summed E-state index contributed by atoms with van der Waals surface area (Å²) in [5.74, 6) is 1.14. The number of hydrogen-bond acceptors (Lipinski definition) is 4. The number of unbranched alkanes of at least 4 members (excludes halogenated alkanes) is 1. The maximum atomic E-state index is 9.04. The quantitative estimate of drug-likeness (QED) is 0.547. The average Bonchev–Trinajstić information content (AvgIpc) is 2.29. The number of benzene rings is 1. The predicted molar refractivity (Wildman–Crippen MR) is 63.2 cm³/mol. The van der Waals surface area contributed by atoms with Crippen LogP contribution in [-0.2, 0) is 0 Å². The van der Waals surface area contributed by atoms with E-state index in [1.807, 2.05) is 0 Å². The Morgan fingerprint density at radius 3 is 2.56 bits per heavy atom. The van der Waals surface area contributed by atoms with Gasteiger partial charge >= 0.3 is 7.12 Å². The van der Waals surface area contributed by atoms with Crippen molar-refractivity contribution in [3.05, 3.63) is 18.2 Å². The van der Waals surface area contributed by atoms with Crippen LogP contribution in [0.25, 0.3) is 0 Å². The average molecular weight is 224 g/mol. The normalized spacial score (nSPS) is 10.0. The second-order valence-corrected chi connectivity index (χ2v) is 3.49. The zero-order valence-electron chi connectivity index (χ0n) is 9.64. The molecule has 0 aromatic heterocycles. The Bertz CT molecular complexity index is 328. The standard InChI is InChI=1S/C11H17BO4/c1-3-4-7-16-11-8-9(12(13)14)5-6-10(11)15-2/h5-6,8,13-14H,3-4,7H2,1-2H3. The van der Waals surface area contributed by atoms with Gasteiger partial charge in [0.05, 0.1) is 13.7 Å². The molecule has 0 saturated heterocycles. The first-order valence-corrected chi connectivity index (χ1v) is 5.36. The van der Waals surface area contributed by atoms with E-state index in [-0.39, 0.29) is 0 Å². The molecule has 2 N–H and O–H groups in total. The molecule has 0 atom stereocenters. The fraction of sp³-hybridized carbons (Fsp3) is 0.455. The van der Waals surface area contributed by atoms with Crippen molar-refractivity contribution >= 4 is 12.6 Å². The number of hydrogen-bond donors (Lipinski definition) is 2. The fourth-order valence-electron chi connectivity index (χ4n) is 1.29. The third-order valence-electron chi connectivity index (χ3n) is 2.24. The van der Waals surface area contributed by atoms with Gasteiger partial charge in [0, 0.05) is 0 Å². The predicted octanol–water partition coefficient (Wildman–Crippen LogP) is 0.554. The van der Waals surface area contributed by atoms with Crippen LogP contribution in [-0.4, -0.2) is 30.9 Å². The summed E-state index contributed by atoms with van der Waals surface area (Å²) in [6.07, 6.45) is 2.00. The van der Waals surface area contributed by atoms with Crippen molar-refractivity contribution in [2.24, 2.45) is 0 Å². The van der Waals surface area contributed by atoms with E-state index in [4.69, 9.17) is 19.5 Å². The monoisotopic (exact) mass is 224 g/mol. The van der Waals surface area contributed by atoms with Gasteiger partial charge in [-0.2, -0.15) is 0 Å². The van der Waals surface area contributed by atoms with Gasteiger partial charge in [0.25, 0.3) is 0 Å². The van der Waals surface area contributed by atoms with Crippen LogP contribution in [0.1, 0.15) is 19.8 Å². The van der Waals surface area contributed by atoms with Crippen LogP contribution in [0.3, 0.4) is 0 Å². The van der Waals surface area contributed by atoms with Crippen molar-refractivity contribution in [3.8, 4) is 11.5 Å². The molecule has 1 aromatic carbocycles. The van der Waals surface area contributed by atoms with E-state index in [0.29, 0.717) is 23.6 Å². The molecule has 0 aliphatic heterocycles. The Kier molecular flexibility index (Phi) is 5.15. The summed E-state index contributed by atoms with van der Waals surface area (Å²) in [7, 11) is 0.0660. The van der Waals surface area contributed by atoms with Crippen molar-refractivity contribution in [3.63, 3.8) is 0 Å². The van der Waals surface area contributed by atoms with E-state index in [1.54, 1.807) is 25.3 Å². The first kappa shape index (κ1) is 12.9. The number of ether oxygens (including phenoxy) is 2. The van der Waals surface area contributed by atoms with Crippen molar-refractivity contribution in [2.45, 2.75) is 19.8 Å². The van der Waals surface area contributed by atoms with Crippen molar-refractivity contribution in [1.82, 2.24) is 0 Å². The Morgan fingerprint density at radius 2 is 2.00 bits per heavy atom. The molecule has 0 unspecified atom stereocenters. The van der Waals surface area contributed by atoms with E-state index in [1.165, 1.54) is 0 Å². The maximum Gasteiger partial charge on any atom is 0.488 e. The summed E-state index contributed by atoms with van der Waals surface area (Å²) in [5, 5.41) is 18.1. The van der Waals surface area contributed by atoms with Crippen LogP contribution in [0, 0.1) is 0 Å². The van der Waals surface area contributed by atoms with E-state index in [0.717, 1.165) is 12.8 Å². The van der Waals surface area contributed by atoms with Gasteiger partial charge in [0.2, 0.25) is 0 Å². The Balaban J connectivity index is 2.80. The summed E-state index contributed by atoms with van der Waals surface area (Å²) in [4.78, 5) is 0. The second kappa shape index (κ2) is 6.40. The van der Waals surface area contributed by atoms with Crippen LogP contribution in [0.4, 0.5) is 0 Å². The molecule has 0 radical (unpaired) electrons. The zero-order valence-corrected chi connectivity index (χ0v) is 9.64. The first-order valence-electron chi connectivity index (χ1n) is 5.36. The molecule has 0 spiro atoms. The molecule has 88 valence electrons. The van der Waals surface area contributed by atoms with Gasteiger partial charge in [-0.15, -0.1) is 0 Å². The van der Waals surface area contributed by atoms with Crippen molar-refractivity contribution in [1.29, 1.82) is 0 Å². The molecule has 16 heavy (non-hydrogen) atoms. The van der Waals surface area contributed by atoms with Crippen LogP contribution in [0.2, 0.25) is 0 Å². The van der Waals surface area contributed by atoms with Crippen molar-refractivity contribution < 1.29 is 19.5 Å². The molecule has 1 aromatic rings. The third kappa shape index (κ3) is 3.43. The minimum atomic E-state index is -1.49. The van der Waals surface area contributed by atoms with Crippen LogP contribution in [0.15, 0.2) is 18.2 Å². The molecule has 0 aliphatic carbocycles. The second-order valence-electron chi connectivity index (χ2n) is 3.49. The van der Waals surface area contributed by atoms with E-state index in [9.17, 15) is 0 Å². The van der Waals surface area contributed by atoms with E-state index >= 15 is 0 Å². The zero-order chi connectivity index (χ0) is 12.0. The van der Waals surface area contributed by atoms with E-state index < -0.39 is 7.12 Å². The molecule has 0 bridgehead atoms. The van der Waals surface area contributed by atoms with Gasteiger partial charge in [-0.1, -0.05) is 19.4 Å². The lowest BCUT2D eigenvalue weighted by Crippen LogP contribution is -2.29. The van der Waals surface area contributed by atoms with E-state index in [2.05, 4.69) is 6.92 Å². The number of rotatable bonds is 6. The molecule has 4 nitrogen and oxygen atoms in total. The Morgan fingerprint density at radius 1 is 1.25 bits per heavy atom. The van der Waals surface area contributed by atoms with Gasteiger partial charge in [-0.3, -0.25) is 0 Å². The highest BCUT2D eigenvalue weighted by Crippen LogP contribution is 2.25. The fourth-order valence-corrected chi connectivity index (χ4v) is 1.29. The van der Waals surface area contributed by atoms with Gasteiger partial charge in [0.1, 0.15) is 0 Å². The minimum Gasteiger partial charge on any atom is -0.493 e. The molecule has 0 amide bonds. The lowest BCUT2D eigenvalue weighted by atomic mass is 9.80. The van der Waals surface area contributed by atoms with Crippen LogP contribution < -0.4 is 14.9 Å². The smallest absolute Gasteiger partial charge is 0.488 e. The molecule has 0 aliphatic rings. The molecule has 0 fully saturated rings. The number of methoxy groups -OCH3 is 1. The molecular formula is C11H17BO4. The van der Waals surface area contributed by atoms with Gasteiger partial charge in [-0.05, 0) is 24.0 Å². The summed E-state index contributed by atoms with van der Waals surface area (Å²) in [6.45, 7) is 2.67. The molecule has 1 rings (SSSR count). The van der Waals surface area contributed by atoms with Gasteiger partial charge in [-0.25, -0.2) is 0 Å². The largest absolute Gasteiger partial charge is 0.493 e. The molecule has 5 heteroatoms. The van der Waals surface area contributed by atoms with Gasteiger partial charge < -0.3 is 19.5 Å². The molecular weight excluding hydrogens is 207 g/mol. The Hall–Kier alpha value is -1.20.